The second-order valence-electron chi connectivity index (χ2n) is 17.3. The summed E-state index contributed by atoms with van der Waals surface area (Å²) < 4.78 is 6.12. The number of ether oxygens (including phenoxy) is 1. The van der Waals surface area contributed by atoms with Crippen LogP contribution in [0.15, 0.2) is 42.2 Å². The monoisotopic (exact) mass is 544 g/mol. The van der Waals surface area contributed by atoms with Crippen molar-refractivity contribution in [3.8, 4) is 0 Å². The molecular formula is C38H56O2. The molecule has 0 saturated heterocycles. The Hall–Kier alpha value is -1.57. The van der Waals surface area contributed by atoms with Crippen molar-refractivity contribution in [1.29, 1.82) is 0 Å². The average molecular weight is 545 g/mol. The van der Waals surface area contributed by atoms with E-state index in [-0.39, 0.29) is 17.3 Å². The van der Waals surface area contributed by atoms with Crippen LogP contribution >= 0.6 is 0 Å². The van der Waals surface area contributed by atoms with Gasteiger partial charge in [0.05, 0.1) is 6.42 Å². The first-order chi connectivity index (χ1) is 18.7. The summed E-state index contributed by atoms with van der Waals surface area (Å²) in [5.74, 6) is 3.39. The van der Waals surface area contributed by atoms with E-state index in [0.29, 0.717) is 39.4 Å². The van der Waals surface area contributed by atoms with Crippen LogP contribution in [0.2, 0.25) is 0 Å². The molecule has 5 aliphatic carbocycles. The number of hydrogen-bond donors (Lipinski definition) is 0. The van der Waals surface area contributed by atoms with Crippen molar-refractivity contribution < 1.29 is 9.53 Å². The van der Waals surface area contributed by atoms with E-state index in [1.54, 1.807) is 0 Å². The molecule has 0 aliphatic heterocycles. The minimum atomic E-state index is -0.118. The van der Waals surface area contributed by atoms with Gasteiger partial charge in [-0.2, -0.15) is 0 Å². The van der Waals surface area contributed by atoms with Crippen molar-refractivity contribution in [3.05, 3.63) is 47.7 Å². The van der Waals surface area contributed by atoms with Crippen molar-refractivity contribution in [2.24, 2.45) is 56.2 Å². The van der Waals surface area contributed by atoms with E-state index in [2.05, 4.69) is 61.5 Å². The number of carbonyl (C=O) groups excluding carboxylic acids is 1. The van der Waals surface area contributed by atoms with E-state index < -0.39 is 0 Å². The lowest BCUT2D eigenvalue weighted by atomic mass is 9.30. The SMILES string of the molecule is CC1C(OC(=O)Cc2ccccc2)=CCC2C1(C)CCC1C2(C)CCC2(C)C3CC(C)(C)CCC3(C)CCC12C. The van der Waals surface area contributed by atoms with Gasteiger partial charge in [0.25, 0.3) is 0 Å². The lowest BCUT2D eigenvalue weighted by Gasteiger charge is -2.74. The Kier molecular flexibility index (Phi) is 6.57. The topological polar surface area (TPSA) is 26.3 Å². The first kappa shape index (κ1) is 28.5. The zero-order chi connectivity index (χ0) is 28.8. The van der Waals surface area contributed by atoms with Gasteiger partial charge in [0.15, 0.2) is 0 Å². The fourth-order valence-corrected chi connectivity index (χ4v) is 12.0. The van der Waals surface area contributed by atoms with Gasteiger partial charge in [-0.3, -0.25) is 4.79 Å². The Morgan fingerprint density at radius 2 is 1.43 bits per heavy atom. The highest BCUT2D eigenvalue weighted by molar-refractivity contribution is 5.73. The van der Waals surface area contributed by atoms with Crippen LogP contribution in [-0.4, -0.2) is 5.97 Å². The van der Waals surface area contributed by atoms with Crippen LogP contribution in [0, 0.1) is 56.2 Å². The number of benzene rings is 1. The summed E-state index contributed by atoms with van der Waals surface area (Å²) in [6.07, 6.45) is 16.1. The summed E-state index contributed by atoms with van der Waals surface area (Å²) in [5.41, 5.74) is 3.41. The Morgan fingerprint density at radius 3 is 2.15 bits per heavy atom. The normalized spacial score (nSPS) is 47.5. The third-order valence-electron chi connectivity index (χ3n) is 15.0. The van der Waals surface area contributed by atoms with Gasteiger partial charge in [-0.05, 0) is 126 Å². The van der Waals surface area contributed by atoms with E-state index in [1.807, 2.05) is 30.3 Å². The van der Waals surface area contributed by atoms with Gasteiger partial charge >= 0.3 is 5.97 Å². The Bertz CT molecular complexity index is 1180. The van der Waals surface area contributed by atoms with E-state index >= 15 is 0 Å². The molecule has 0 bridgehead atoms. The molecule has 0 aromatic heterocycles. The molecule has 1 aromatic carbocycles. The van der Waals surface area contributed by atoms with Crippen molar-refractivity contribution in [2.45, 2.75) is 126 Å². The molecule has 4 saturated carbocycles. The van der Waals surface area contributed by atoms with Gasteiger partial charge in [-0.25, -0.2) is 0 Å². The molecule has 2 heteroatoms. The minimum absolute atomic E-state index is 0.118. The van der Waals surface area contributed by atoms with Gasteiger partial charge in [0.2, 0.25) is 0 Å². The average Bonchev–Trinajstić information content (AvgIpc) is 2.89. The van der Waals surface area contributed by atoms with E-state index in [9.17, 15) is 4.79 Å². The van der Waals surface area contributed by atoms with Crippen LogP contribution in [0.4, 0.5) is 0 Å². The Morgan fingerprint density at radius 1 is 0.775 bits per heavy atom. The fraction of sp³-hybridized carbons (Fsp3) is 0.763. The highest BCUT2D eigenvalue weighted by Gasteiger charge is 2.70. The van der Waals surface area contributed by atoms with Crippen molar-refractivity contribution in [3.63, 3.8) is 0 Å². The number of allylic oxidation sites excluding steroid dienone is 2. The molecule has 9 atom stereocenters. The van der Waals surface area contributed by atoms with Gasteiger partial charge < -0.3 is 4.74 Å². The lowest BCUT2D eigenvalue weighted by Crippen LogP contribution is -2.67. The Labute approximate surface area is 245 Å². The molecule has 6 rings (SSSR count). The lowest BCUT2D eigenvalue weighted by molar-refractivity contribution is -0.254. The number of rotatable bonds is 3. The number of hydrogen-bond acceptors (Lipinski definition) is 2. The molecular weight excluding hydrogens is 488 g/mol. The highest BCUT2D eigenvalue weighted by Crippen LogP contribution is 2.78. The quantitative estimate of drug-likeness (QED) is 0.354. The predicted molar refractivity (Wildman–Crippen MR) is 164 cm³/mol. The van der Waals surface area contributed by atoms with Crippen LogP contribution in [0.3, 0.4) is 0 Å². The standard InChI is InChI=1S/C38H56O2/c1-26-28(40-32(39)24-27-12-10-9-11-13-27)14-15-29-35(26,5)17-16-30-36(29,6)21-23-38(8)31-25-33(2,3)18-19-34(31,4)20-22-37(30,38)7/h9-14,26,29-31H,15-25H2,1-8H3. The molecule has 0 spiro atoms. The third kappa shape index (κ3) is 4.04. The maximum Gasteiger partial charge on any atom is 0.315 e. The smallest absolute Gasteiger partial charge is 0.315 e. The molecule has 1 aromatic rings. The van der Waals surface area contributed by atoms with Crippen LogP contribution < -0.4 is 0 Å². The minimum Gasteiger partial charge on any atom is -0.431 e. The van der Waals surface area contributed by atoms with Crippen LogP contribution in [0.5, 0.6) is 0 Å². The second kappa shape index (κ2) is 9.21. The first-order valence-electron chi connectivity index (χ1n) is 16.6. The second-order valence-corrected chi connectivity index (χ2v) is 17.3. The van der Waals surface area contributed by atoms with Crippen molar-refractivity contribution in [2.75, 3.05) is 0 Å². The number of fused-ring (bicyclic) bond motifs is 7. The van der Waals surface area contributed by atoms with E-state index in [4.69, 9.17) is 4.74 Å². The number of esters is 1. The maximum atomic E-state index is 12.9. The summed E-state index contributed by atoms with van der Waals surface area (Å²) in [6.45, 7) is 20.8. The fourth-order valence-electron chi connectivity index (χ4n) is 12.0. The van der Waals surface area contributed by atoms with Crippen molar-refractivity contribution in [1.82, 2.24) is 0 Å². The first-order valence-corrected chi connectivity index (χ1v) is 16.6. The van der Waals surface area contributed by atoms with Gasteiger partial charge in [0, 0.05) is 5.92 Å². The summed E-state index contributed by atoms with van der Waals surface area (Å²) in [4.78, 5) is 12.9. The molecule has 5 aliphatic rings. The molecule has 0 radical (unpaired) electrons. The summed E-state index contributed by atoms with van der Waals surface area (Å²) in [7, 11) is 0. The zero-order valence-corrected chi connectivity index (χ0v) is 26.9. The summed E-state index contributed by atoms with van der Waals surface area (Å²) in [6, 6.07) is 10.0. The highest BCUT2D eigenvalue weighted by atomic mass is 16.5. The van der Waals surface area contributed by atoms with E-state index in [0.717, 1.165) is 29.6 Å². The summed E-state index contributed by atoms with van der Waals surface area (Å²) >= 11 is 0. The van der Waals surface area contributed by atoms with Gasteiger partial charge in [-0.1, -0.05) is 85.7 Å². The molecule has 2 nitrogen and oxygen atoms in total. The molecule has 0 amide bonds. The molecule has 9 unspecified atom stereocenters. The predicted octanol–water partition coefficient (Wildman–Crippen LogP) is 10.2. The van der Waals surface area contributed by atoms with Crippen LogP contribution in [-0.2, 0) is 16.0 Å². The molecule has 40 heavy (non-hydrogen) atoms. The van der Waals surface area contributed by atoms with Crippen LogP contribution in [0.1, 0.15) is 125 Å². The number of carbonyl (C=O) groups is 1. The molecule has 220 valence electrons. The van der Waals surface area contributed by atoms with Gasteiger partial charge in [0.1, 0.15) is 5.76 Å². The van der Waals surface area contributed by atoms with E-state index in [1.165, 1.54) is 57.8 Å². The molecule has 0 heterocycles. The zero-order valence-electron chi connectivity index (χ0n) is 26.9. The Balaban J connectivity index is 1.27. The maximum absolute atomic E-state index is 12.9. The largest absolute Gasteiger partial charge is 0.431 e. The molecule has 0 N–H and O–H groups in total. The van der Waals surface area contributed by atoms with Crippen molar-refractivity contribution >= 4 is 5.97 Å². The molecule has 4 fully saturated rings. The van der Waals surface area contributed by atoms with Crippen LogP contribution in [0.25, 0.3) is 0 Å². The third-order valence-corrected chi connectivity index (χ3v) is 15.0. The van der Waals surface area contributed by atoms with Gasteiger partial charge in [-0.15, -0.1) is 0 Å². The summed E-state index contributed by atoms with van der Waals surface area (Å²) in [5, 5.41) is 0.